The van der Waals surface area contributed by atoms with Gasteiger partial charge in [-0.15, -0.1) is 11.8 Å². The average Bonchev–Trinajstić information content (AvgIpc) is 3.02. The summed E-state index contributed by atoms with van der Waals surface area (Å²) < 4.78 is 45.0. The van der Waals surface area contributed by atoms with Crippen LogP contribution in [0.4, 0.5) is 18.9 Å². The van der Waals surface area contributed by atoms with Crippen molar-refractivity contribution < 1.29 is 22.7 Å². The molecule has 1 amide bonds. The molecule has 23 heavy (non-hydrogen) atoms. The lowest BCUT2D eigenvalue weighted by molar-refractivity contribution is -0.137. The zero-order valence-corrected chi connectivity index (χ0v) is 13.9. The van der Waals surface area contributed by atoms with E-state index in [9.17, 15) is 18.0 Å². The number of anilines is 1. The lowest BCUT2D eigenvalue weighted by Gasteiger charge is -2.17. The van der Waals surface area contributed by atoms with Crippen LogP contribution in [0.3, 0.4) is 0 Å². The summed E-state index contributed by atoms with van der Waals surface area (Å²) in [6.45, 7) is 4.68. The van der Waals surface area contributed by atoms with E-state index in [1.165, 1.54) is 17.8 Å². The van der Waals surface area contributed by atoms with Crippen LogP contribution in [0.5, 0.6) is 0 Å². The van der Waals surface area contributed by atoms with Crippen LogP contribution in [0, 0.1) is 5.92 Å². The van der Waals surface area contributed by atoms with E-state index in [-0.39, 0.29) is 23.5 Å². The summed E-state index contributed by atoms with van der Waals surface area (Å²) in [4.78, 5) is 12.6. The molecule has 2 atom stereocenters. The highest BCUT2D eigenvalue weighted by atomic mass is 32.2. The topological polar surface area (TPSA) is 38.3 Å². The highest BCUT2D eigenvalue weighted by molar-refractivity contribution is 7.99. The number of hydrogen-bond donors (Lipinski definition) is 1. The molecule has 2 rings (SSSR count). The summed E-state index contributed by atoms with van der Waals surface area (Å²) in [5, 5.41) is 2.63. The van der Waals surface area contributed by atoms with Crippen LogP contribution in [0.15, 0.2) is 23.1 Å². The lowest BCUT2D eigenvalue weighted by atomic mass is 10.1. The first-order chi connectivity index (χ1) is 10.8. The van der Waals surface area contributed by atoms with Crippen LogP contribution in [0.25, 0.3) is 0 Å². The van der Waals surface area contributed by atoms with Crippen molar-refractivity contribution in [2.75, 3.05) is 18.5 Å². The summed E-state index contributed by atoms with van der Waals surface area (Å²) >= 11 is 1.39. The largest absolute Gasteiger partial charge is 0.418 e. The molecule has 1 N–H and O–H groups in total. The van der Waals surface area contributed by atoms with Crippen molar-refractivity contribution in [2.24, 2.45) is 5.92 Å². The number of benzene rings is 1. The van der Waals surface area contributed by atoms with Crippen molar-refractivity contribution >= 4 is 23.4 Å². The number of hydrogen-bond acceptors (Lipinski definition) is 3. The second kappa shape index (κ2) is 7.57. The molecule has 1 aliphatic rings. The van der Waals surface area contributed by atoms with E-state index in [2.05, 4.69) is 5.32 Å². The van der Waals surface area contributed by atoms with Gasteiger partial charge in [-0.2, -0.15) is 13.2 Å². The van der Waals surface area contributed by atoms with Crippen molar-refractivity contribution in [2.45, 2.75) is 43.0 Å². The minimum Gasteiger partial charge on any atom is -0.381 e. The van der Waals surface area contributed by atoms with Crippen molar-refractivity contribution in [1.82, 2.24) is 0 Å². The van der Waals surface area contributed by atoms with Crippen LogP contribution in [-0.4, -0.2) is 24.4 Å². The Morgan fingerprint density at radius 3 is 2.78 bits per heavy atom. The molecule has 0 radical (unpaired) electrons. The van der Waals surface area contributed by atoms with Crippen LogP contribution in [0.2, 0.25) is 0 Å². The summed E-state index contributed by atoms with van der Waals surface area (Å²) in [5.41, 5.74) is -0.999. The van der Waals surface area contributed by atoms with Crippen molar-refractivity contribution in [3.8, 4) is 0 Å². The zero-order chi connectivity index (χ0) is 17.0. The quantitative estimate of drug-likeness (QED) is 0.793. The molecule has 1 saturated heterocycles. The minimum absolute atomic E-state index is 0.192. The predicted molar refractivity (Wildman–Crippen MR) is 84.6 cm³/mol. The highest BCUT2D eigenvalue weighted by Gasteiger charge is 2.35. The zero-order valence-electron chi connectivity index (χ0n) is 13.1. The summed E-state index contributed by atoms with van der Waals surface area (Å²) in [6, 6.07) is 4.06. The van der Waals surface area contributed by atoms with E-state index < -0.39 is 17.6 Å². The summed E-state index contributed by atoms with van der Waals surface area (Å²) in [6.07, 6.45) is -3.11. The second-order valence-corrected chi connectivity index (χ2v) is 7.10. The molecule has 1 aliphatic heterocycles. The maximum Gasteiger partial charge on any atom is 0.418 e. The molecular formula is C16H20F3NO2S. The molecule has 1 fully saturated rings. The lowest BCUT2D eigenvalue weighted by Crippen LogP contribution is -2.24. The maximum absolute atomic E-state index is 13.3. The van der Waals surface area contributed by atoms with E-state index in [1.807, 2.05) is 13.8 Å². The number of halogens is 3. The molecule has 2 unspecified atom stereocenters. The van der Waals surface area contributed by atoms with Gasteiger partial charge in [0, 0.05) is 16.8 Å². The van der Waals surface area contributed by atoms with Crippen LogP contribution in [-0.2, 0) is 15.7 Å². The van der Waals surface area contributed by atoms with E-state index >= 15 is 0 Å². The van der Waals surface area contributed by atoms with Gasteiger partial charge in [0.2, 0.25) is 5.91 Å². The van der Waals surface area contributed by atoms with Gasteiger partial charge in [-0.05, 0) is 31.0 Å². The Hall–Kier alpha value is -1.21. The fraction of sp³-hybridized carbons (Fsp3) is 0.562. The predicted octanol–water partition coefficient (Wildman–Crippen LogP) is 4.57. The van der Waals surface area contributed by atoms with Gasteiger partial charge >= 0.3 is 6.18 Å². The first-order valence-electron chi connectivity index (χ1n) is 7.57. The van der Waals surface area contributed by atoms with Crippen molar-refractivity contribution in [1.29, 1.82) is 0 Å². The van der Waals surface area contributed by atoms with Gasteiger partial charge in [-0.25, -0.2) is 0 Å². The fourth-order valence-corrected chi connectivity index (χ4v) is 3.20. The van der Waals surface area contributed by atoms with E-state index in [0.29, 0.717) is 17.9 Å². The van der Waals surface area contributed by atoms with Crippen LogP contribution < -0.4 is 5.32 Å². The average molecular weight is 347 g/mol. The Balaban J connectivity index is 2.22. The van der Waals surface area contributed by atoms with Crippen LogP contribution >= 0.6 is 11.8 Å². The Morgan fingerprint density at radius 2 is 2.22 bits per heavy atom. The first kappa shape index (κ1) is 18.1. The van der Waals surface area contributed by atoms with E-state index in [1.54, 1.807) is 6.07 Å². The normalized spacial score (nSPS) is 19.6. The minimum atomic E-state index is -4.51. The summed E-state index contributed by atoms with van der Waals surface area (Å²) in [7, 11) is 0. The molecule has 1 aromatic rings. The SMILES string of the molecule is CCC(C)Sc1ccc(NC(=O)C2CCOC2)c(C(F)(F)F)c1. The smallest absolute Gasteiger partial charge is 0.381 e. The van der Waals surface area contributed by atoms with Gasteiger partial charge in [-0.1, -0.05) is 13.8 Å². The van der Waals surface area contributed by atoms with Crippen LogP contribution in [0.1, 0.15) is 32.3 Å². The number of ether oxygens (including phenoxy) is 1. The number of amides is 1. The summed E-state index contributed by atoms with van der Waals surface area (Å²) in [5.74, 6) is -0.805. The van der Waals surface area contributed by atoms with E-state index in [4.69, 9.17) is 4.74 Å². The van der Waals surface area contributed by atoms with Gasteiger partial charge in [-0.3, -0.25) is 4.79 Å². The molecule has 0 aromatic heterocycles. The molecule has 0 saturated carbocycles. The number of thioether (sulfide) groups is 1. The Labute approximate surface area is 138 Å². The van der Waals surface area contributed by atoms with Gasteiger partial charge in [0.1, 0.15) is 0 Å². The number of carbonyl (C=O) groups excluding carboxylic acids is 1. The molecule has 7 heteroatoms. The molecule has 0 spiro atoms. The second-order valence-electron chi connectivity index (χ2n) is 5.59. The standard InChI is InChI=1S/C16H20F3NO2S/c1-3-10(2)23-12-4-5-14(13(8-12)16(17,18)19)20-15(21)11-6-7-22-9-11/h4-5,8,10-11H,3,6-7,9H2,1-2H3,(H,20,21). The van der Waals surface area contributed by atoms with Gasteiger partial charge in [0.15, 0.2) is 0 Å². The highest BCUT2D eigenvalue weighted by Crippen LogP contribution is 2.38. The van der Waals surface area contributed by atoms with Gasteiger partial charge < -0.3 is 10.1 Å². The Bertz CT molecular complexity index is 557. The number of rotatable bonds is 5. The molecule has 0 aliphatic carbocycles. The number of alkyl halides is 3. The molecular weight excluding hydrogens is 327 g/mol. The Morgan fingerprint density at radius 1 is 1.48 bits per heavy atom. The fourth-order valence-electron chi connectivity index (χ4n) is 2.23. The van der Waals surface area contributed by atoms with Gasteiger partial charge in [0.25, 0.3) is 0 Å². The monoisotopic (exact) mass is 347 g/mol. The molecule has 1 heterocycles. The van der Waals surface area contributed by atoms with Crippen molar-refractivity contribution in [3.63, 3.8) is 0 Å². The number of carbonyl (C=O) groups is 1. The first-order valence-corrected chi connectivity index (χ1v) is 8.45. The molecule has 3 nitrogen and oxygen atoms in total. The third-order valence-electron chi connectivity index (χ3n) is 3.77. The third-order valence-corrected chi connectivity index (χ3v) is 5.03. The Kier molecular flexibility index (Phi) is 5.97. The van der Waals surface area contributed by atoms with Crippen molar-refractivity contribution in [3.05, 3.63) is 23.8 Å². The maximum atomic E-state index is 13.3. The van der Waals surface area contributed by atoms with E-state index in [0.717, 1.165) is 12.5 Å². The van der Waals surface area contributed by atoms with Gasteiger partial charge in [0.05, 0.1) is 23.8 Å². The number of nitrogens with one attached hydrogen (secondary N) is 1. The molecule has 1 aromatic carbocycles. The molecule has 0 bridgehead atoms. The third kappa shape index (κ3) is 4.88. The molecule has 128 valence electrons.